The molecule has 3 nitrogen and oxygen atoms in total. The maximum atomic E-state index is 12.0. The molecular weight excluding hydrogens is 250 g/mol. The third-order valence-corrected chi connectivity index (χ3v) is 3.27. The summed E-state index contributed by atoms with van der Waals surface area (Å²) in [4.78, 5) is 13.7. The average molecular weight is 270 g/mol. The minimum absolute atomic E-state index is 0.0463. The van der Waals surface area contributed by atoms with Crippen molar-refractivity contribution in [3.05, 3.63) is 30.3 Å². The zero-order valence-electron chi connectivity index (χ0n) is 11.1. The highest BCUT2D eigenvalue weighted by Gasteiger charge is 2.37. The van der Waals surface area contributed by atoms with Crippen molar-refractivity contribution in [3.63, 3.8) is 0 Å². The van der Waals surface area contributed by atoms with E-state index >= 15 is 0 Å². The Labute approximate surface area is 114 Å². The maximum absolute atomic E-state index is 12.0. The molecule has 1 aromatic carbocycles. The lowest BCUT2D eigenvalue weighted by Gasteiger charge is -2.41. The van der Waals surface area contributed by atoms with E-state index in [1.807, 2.05) is 44.2 Å². The first-order chi connectivity index (χ1) is 8.61. The van der Waals surface area contributed by atoms with Crippen LogP contribution >= 0.6 is 11.6 Å². The molecule has 0 radical (unpaired) electrons. The van der Waals surface area contributed by atoms with Crippen LogP contribution in [0.1, 0.15) is 33.6 Å². The molecule has 0 atom stereocenters. The Kier molecular flexibility index (Phi) is 5.63. The van der Waals surface area contributed by atoms with Crippen molar-refractivity contribution < 1.29 is 9.53 Å². The van der Waals surface area contributed by atoms with Crippen LogP contribution in [0.2, 0.25) is 0 Å². The molecule has 1 rings (SSSR count). The van der Waals surface area contributed by atoms with E-state index in [1.54, 1.807) is 11.8 Å². The summed E-state index contributed by atoms with van der Waals surface area (Å²) in [7, 11) is 0. The highest BCUT2D eigenvalue weighted by molar-refractivity contribution is 6.17. The fourth-order valence-electron chi connectivity index (χ4n) is 2.22. The maximum Gasteiger partial charge on any atom is 0.226 e. The van der Waals surface area contributed by atoms with Crippen LogP contribution in [0.4, 0.5) is 5.69 Å². The van der Waals surface area contributed by atoms with Crippen LogP contribution in [-0.4, -0.2) is 17.7 Å². The minimum atomic E-state index is -0.672. The van der Waals surface area contributed by atoms with E-state index in [4.69, 9.17) is 16.3 Å². The van der Waals surface area contributed by atoms with E-state index in [0.29, 0.717) is 12.8 Å². The Bertz CT molecular complexity index is 377. The normalized spacial score (nSPS) is 11.3. The third-order valence-electron chi connectivity index (χ3n) is 3.16. The highest BCUT2D eigenvalue weighted by Crippen LogP contribution is 2.31. The second kappa shape index (κ2) is 6.76. The van der Waals surface area contributed by atoms with Gasteiger partial charge in [-0.05, 0) is 25.0 Å². The van der Waals surface area contributed by atoms with Crippen LogP contribution < -0.4 is 4.90 Å². The van der Waals surface area contributed by atoms with Crippen LogP contribution in [-0.2, 0) is 9.53 Å². The number of nitrogens with zero attached hydrogens (tertiary/aromatic N) is 1. The summed E-state index contributed by atoms with van der Waals surface area (Å²) in [5.74, 6) is -0.0463. The Hall–Kier alpha value is -1.06. The first-order valence-electron chi connectivity index (χ1n) is 6.17. The quantitative estimate of drug-likeness (QED) is 0.581. The number of benzene rings is 1. The van der Waals surface area contributed by atoms with Gasteiger partial charge in [-0.3, -0.25) is 9.69 Å². The van der Waals surface area contributed by atoms with E-state index in [-0.39, 0.29) is 12.0 Å². The van der Waals surface area contributed by atoms with Crippen LogP contribution in [0.5, 0.6) is 0 Å². The zero-order chi connectivity index (χ0) is 13.6. The Morgan fingerprint density at radius 2 is 1.83 bits per heavy atom. The van der Waals surface area contributed by atoms with Gasteiger partial charge < -0.3 is 4.74 Å². The molecule has 0 saturated heterocycles. The zero-order valence-corrected chi connectivity index (χ0v) is 11.9. The van der Waals surface area contributed by atoms with Gasteiger partial charge in [0.2, 0.25) is 5.91 Å². The van der Waals surface area contributed by atoms with Crippen molar-refractivity contribution in [1.82, 2.24) is 0 Å². The molecule has 0 aliphatic heterocycles. The molecule has 0 fully saturated rings. The lowest BCUT2D eigenvalue weighted by molar-refractivity contribution is -0.124. The number of carbonyl (C=O) groups excluding carboxylic acids is 1. The molecule has 0 aliphatic carbocycles. The van der Waals surface area contributed by atoms with Gasteiger partial charge in [-0.15, -0.1) is 0 Å². The van der Waals surface area contributed by atoms with Gasteiger partial charge in [-0.2, -0.15) is 0 Å². The number of hydrogen-bond donors (Lipinski definition) is 0. The molecule has 0 unspecified atom stereocenters. The van der Waals surface area contributed by atoms with Crippen LogP contribution in [0.25, 0.3) is 0 Å². The molecule has 4 heteroatoms. The number of amides is 1. The summed E-state index contributed by atoms with van der Waals surface area (Å²) in [5.41, 5.74) is 0.161. The van der Waals surface area contributed by atoms with Gasteiger partial charge >= 0.3 is 0 Å². The number of carbonyl (C=O) groups is 1. The molecule has 0 N–H and O–H groups in total. The SMILES string of the molecule is CCC(CC)(OCCl)N(C(C)=O)c1ccccc1. The number of rotatable bonds is 6. The smallest absolute Gasteiger partial charge is 0.226 e. The van der Waals surface area contributed by atoms with Gasteiger partial charge in [-0.1, -0.05) is 43.6 Å². The van der Waals surface area contributed by atoms with Gasteiger partial charge in [0.05, 0.1) is 0 Å². The molecule has 18 heavy (non-hydrogen) atoms. The monoisotopic (exact) mass is 269 g/mol. The minimum Gasteiger partial charge on any atom is -0.340 e. The second-order valence-corrected chi connectivity index (χ2v) is 4.31. The summed E-state index contributed by atoms with van der Waals surface area (Å²) in [6.07, 6.45) is 1.37. The molecular formula is C14H20ClNO2. The molecule has 100 valence electrons. The van der Waals surface area contributed by atoms with Crippen molar-refractivity contribution in [3.8, 4) is 0 Å². The van der Waals surface area contributed by atoms with Crippen molar-refractivity contribution in [2.45, 2.75) is 39.3 Å². The predicted octanol–water partition coefficient (Wildman–Crippen LogP) is 3.77. The van der Waals surface area contributed by atoms with E-state index < -0.39 is 5.72 Å². The largest absolute Gasteiger partial charge is 0.340 e. The highest BCUT2D eigenvalue weighted by atomic mass is 35.5. The number of anilines is 1. The Morgan fingerprint density at radius 1 is 1.28 bits per heavy atom. The topological polar surface area (TPSA) is 29.5 Å². The van der Waals surface area contributed by atoms with Crippen molar-refractivity contribution in [2.24, 2.45) is 0 Å². The molecule has 0 saturated carbocycles. The molecule has 0 aromatic heterocycles. The van der Waals surface area contributed by atoms with Crippen molar-refractivity contribution in [2.75, 3.05) is 11.0 Å². The fourth-order valence-corrected chi connectivity index (χ4v) is 2.42. The van der Waals surface area contributed by atoms with E-state index in [9.17, 15) is 4.79 Å². The van der Waals surface area contributed by atoms with Gasteiger partial charge in [0, 0.05) is 12.6 Å². The van der Waals surface area contributed by atoms with Crippen molar-refractivity contribution in [1.29, 1.82) is 0 Å². The lowest BCUT2D eigenvalue weighted by Crippen LogP contribution is -2.52. The Morgan fingerprint density at radius 3 is 2.22 bits per heavy atom. The number of hydrogen-bond acceptors (Lipinski definition) is 2. The van der Waals surface area contributed by atoms with E-state index in [1.165, 1.54) is 0 Å². The van der Waals surface area contributed by atoms with Gasteiger partial charge in [0.15, 0.2) is 0 Å². The van der Waals surface area contributed by atoms with Gasteiger partial charge in [-0.25, -0.2) is 0 Å². The van der Waals surface area contributed by atoms with Gasteiger partial charge in [0.1, 0.15) is 11.8 Å². The molecule has 0 aliphatic rings. The average Bonchev–Trinajstić information content (AvgIpc) is 2.39. The summed E-state index contributed by atoms with van der Waals surface area (Å²) in [6.45, 7) is 5.54. The Balaban J connectivity index is 3.21. The first-order valence-corrected chi connectivity index (χ1v) is 6.70. The molecule has 1 amide bonds. The third kappa shape index (κ3) is 3.03. The number of halogens is 1. The standard InChI is InChI=1S/C14H20ClNO2/c1-4-14(5-2,18-11-15)16(12(3)17)13-9-7-6-8-10-13/h6-10H,4-5,11H2,1-3H3. The molecule has 0 spiro atoms. The number of ether oxygens (including phenoxy) is 1. The molecule has 0 heterocycles. The lowest BCUT2D eigenvalue weighted by atomic mass is 10.0. The van der Waals surface area contributed by atoms with Crippen molar-refractivity contribution >= 4 is 23.2 Å². The number of para-hydroxylation sites is 1. The molecule has 0 bridgehead atoms. The second-order valence-electron chi connectivity index (χ2n) is 4.10. The fraction of sp³-hybridized carbons (Fsp3) is 0.500. The summed E-state index contributed by atoms with van der Waals surface area (Å²) >= 11 is 5.72. The van der Waals surface area contributed by atoms with Crippen LogP contribution in [0.3, 0.4) is 0 Å². The van der Waals surface area contributed by atoms with Crippen LogP contribution in [0, 0.1) is 0 Å². The van der Waals surface area contributed by atoms with Gasteiger partial charge in [0.25, 0.3) is 0 Å². The molecule has 1 aromatic rings. The summed E-state index contributed by atoms with van der Waals surface area (Å²) in [5, 5.41) is 0. The summed E-state index contributed by atoms with van der Waals surface area (Å²) in [6, 6.07) is 9.60. The van der Waals surface area contributed by atoms with E-state index in [0.717, 1.165) is 5.69 Å². The van der Waals surface area contributed by atoms with Crippen LogP contribution in [0.15, 0.2) is 30.3 Å². The predicted molar refractivity (Wildman–Crippen MR) is 74.7 cm³/mol. The summed E-state index contributed by atoms with van der Waals surface area (Å²) < 4.78 is 5.68. The number of alkyl halides is 1. The first kappa shape index (κ1) is 15.0. The van der Waals surface area contributed by atoms with E-state index in [2.05, 4.69) is 0 Å².